The Morgan fingerprint density at radius 2 is 1.81 bits per heavy atom. The summed E-state index contributed by atoms with van der Waals surface area (Å²) in [6.07, 6.45) is -0.815. The summed E-state index contributed by atoms with van der Waals surface area (Å²) in [5, 5.41) is 2.89. The molecule has 158 valence electrons. The number of para-hydroxylation sites is 1. The second-order valence-corrected chi connectivity index (χ2v) is 7.63. The Bertz CT molecular complexity index is 1100. The molecule has 1 aliphatic rings. The lowest BCUT2D eigenvalue weighted by Crippen LogP contribution is -2.45. The highest BCUT2D eigenvalue weighted by Gasteiger charge is 2.36. The van der Waals surface area contributed by atoms with Gasteiger partial charge in [-0.2, -0.15) is 0 Å². The summed E-state index contributed by atoms with van der Waals surface area (Å²) in [6.45, 7) is 3.47. The zero-order valence-corrected chi connectivity index (χ0v) is 17.3. The van der Waals surface area contributed by atoms with Gasteiger partial charge >= 0.3 is 0 Å². The van der Waals surface area contributed by atoms with E-state index in [1.165, 1.54) is 17.0 Å². The van der Waals surface area contributed by atoms with Crippen LogP contribution in [0.1, 0.15) is 29.7 Å². The van der Waals surface area contributed by atoms with Crippen LogP contribution in [0.4, 0.5) is 10.1 Å². The molecule has 5 nitrogen and oxygen atoms in total. The van der Waals surface area contributed by atoms with E-state index in [4.69, 9.17) is 4.74 Å². The highest BCUT2D eigenvalue weighted by molar-refractivity contribution is 5.97. The van der Waals surface area contributed by atoms with Crippen molar-refractivity contribution in [2.24, 2.45) is 0 Å². The first kappa shape index (κ1) is 20.6. The molecule has 0 fully saturated rings. The number of hydrogen-bond donors (Lipinski definition) is 1. The lowest BCUT2D eigenvalue weighted by atomic mass is 9.94. The number of fused-ring (bicyclic) bond motifs is 1. The van der Waals surface area contributed by atoms with E-state index >= 15 is 0 Å². The average Bonchev–Trinajstić information content (AvgIpc) is 2.90. The van der Waals surface area contributed by atoms with Gasteiger partial charge in [-0.1, -0.05) is 48.0 Å². The molecular formula is C25H23FN2O3. The Hall–Kier alpha value is -3.67. The van der Waals surface area contributed by atoms with Crippen LogP contribution < -0.4 is 10.1 Å². The third-order valence-electron chi connectivity index (χ3n) is 5.27. The summed E-state index contributed by atoms with van der Waals surface area (Å²) in [5.74, 6) is -0.426. The number of anilines is 1. The predicted octanol–water partition coefficient (Wildman–Crippen LogP) is 4.47. The van der Waals surface area contributed by atoms with Gasteiger partial charge in [0.15, 0.2) is 6.10 Å². The fourth-order valence-electron chi connectivity index (χ4n) is 3.82. The van der Waals surface area contributed by atoms with Gasteiger partial charge in [-0.15, -0.1) is 0 Å². The van der Waals surface area contributed by atoms with Gasteiger partial charge in [-0.3, -0.25) is 9.59 Å². The van der Waals surface area contributed by atoms with E-state index in [1.807, 2.05) is 43.3 Å². The summed E-state index contributed by atoms with van der Waals surface area (Å²) in [5.41, 5.74) is 3.11. The minimum atomic E-state index is -0.815. The molecule has 0 radical (unpaired) electrons. The van der Waals surface area contributed by atoms with Crippen molar-refractivity contribution in [3.8, 4) is 5.75 Å². The molecule has 0 aliphatic carbocycles. The number of rotatable bonds is 4. The molecule has 6 heteroatoms. The van der Waals surface area contributed by atoms with E-state index in [0.29, 0.717) is 17.0 Å². The number of benzene rings is 3. The van der Waals surface area contributed by atoms with Gasteiger partial charge < -0.3 is 15.0 Å². The zero-order valence-electron chi connectivity index (χ0n) is 17.3. The Morgan fingerprint density at radius 1 is 1.10 bits per heavy atom. The van der Waals surface area contributed by atoms with Crippen molar-refractivity contribution >= 4 is 17.5 Å². The predicted molar refractivity (Wildman–Crippen MR) is 116 cm³/mol. The summed E-state index contributed by atoms with van der Waals surface area (Å²) in [7, 11) is 0. The Balaban J connectivity index is 1.76. The van der Waals surface area contributed by atoms with Crippen molar-refractivity contribution in [3.05, 3.63) is 95.3 Å². The van der Waals surface area contributed by atoms with Crippen molar-refractivity contribution in [1.29, 1.82) is 0 Å². The highest BCUT2D eigenvalue weighted by atomic mass is 19.1. The number of halogens is 1. The number of nitrogens with one attached hydrogen (secondary N) is 1. The van der Waals surface area contributed by atoms with Gasteiger partial charge in [0.25, 0.3) is 5.91 Å². The summed E-state index contributed by atoms with van der Waals surface area (Å²) >= 11 is 0. The molecule has 0 saturated heterocycles. The molecule has 0 spiro atoms. The smallest absolute Gasteiger partial charge is 0.264 e. The standard InChI is InChI=1S/C25H23FN2O3/c1-16-8-13-22-21(14-16)24(18-9-11-19(26)12-10-18)28(15-23(29)27-22)25(30)17(2)31-20-6-4-3-5-7-20/h3-14,17,24H,15H2,1-2H3,(H,27,29)/t17-,24-/m1/s1. The summed E-state index contributed by atoms with van der Waals surface area (Å²) in [6, 6.07) is 20.2. The number of ether oxygens (including phenoxy) is 1. The summed E-state index contributed by atoms with van der Waals surface area (Å²) < 4.78 is 19.5. The molecule has 0 aromatic heterocycles. The van der Waals surface area contributed by atoms with Crippen LogP contribution in [0.25, 0.3) is 0 Å². The monoisotopic (exact) mass is 418 g/mol. The quantitative estimate of drug-likeness (QED) is 0.680. The highest BCUT2D eigenvalue weighted by Crippen LogP contribution is 2.37. The molecule has 1 aliphatic heterocycles. The molecule has 0 bridgehead atoms. The molecule has 31 heavy (non-hydrogen) atoms. The van der Waals surface area contributed by atoms with Crippen LogP contribution in [0.15, 0.2) is 72.8 Å². The van der Waals surface area contributed by atoms with E-state index in [9.17, 15) is 14.0 Å². The van der Waals surface area contributed by atoms with Crippen LogP contribution in [-0.4, -0.2) is 29.4 Å². The van der Waals surface area contributed by atoms with E-state index in [0.717, 1.165) is 11.1 Å². The fourth-order valence-corrected chi connectivity index (χ4v) is 3.82. The number of aryl methyl sites for hydroxylation is 1. The maximum atomic E-state index is 13.6. The number of carbonyl (C=O) groups is 2. The zero-order chi connectivity index (χ0) is 22.0. The molecule has 1 heterocycles. The number of nitrogens with zero attached hydrogens (tertiary/aromatic N) is 1. The first-order valence-electron chi connectivity index (χ1n) is 10.1. The normalized spacial score (nSPS) is 16.7. The van der Waals surface area contributed by atoms with Gasteiger partial charge in [0.1, 0.15) is 18.1 Å². The summed E-state index contributed by atoms with van der Waals surface area (Å²) in [4.78, 5) is 27.6. The molecule has 0 unspecified atom stereocenters. The van der Waals surface area contributed by atoms with Gasteiger partial charge in [0, 0.05) is 11.3 Å². The molecule has 0 saturated carbocycles. The maximum Gasteiger partial charge on any atom is 0.264 e. The van der Waals surface area contributed by atoms with Crippen LogP contribution in [0.3, 0.4) is 0 Å². The van der Waals surface area contributed by atoms with Gasteiger partial charge in [-0.25, -0.2) is 4.39 Å². The largest absolute Gasteiger partial charge is 0.481 e. The first-order valence-corrected chi connectivity index (χ1v) is 10.1. The molecule has 3 aromatic rings. The Labute approximate surface area is 180 Å². The van der Waals surface area contributed by atoms with E-state index in [1.54, 1.807) is 31.2 Å². The Morgan fingerprint density at radius 3 is 2.52 bits per heavy atom. The molecule has 2 atom stereocenters. The van der Waals surface area contributed by atoms with Crippen molar-refractivity contribution < 1.29 is 18.7 Å². The van der Waals surface area contributed by atoms with Crippen LogP contribution in [0, 0.1) is 12.7 Å². The second kappa shape index (κ2) is 8.60. The van der Waals surface area contributed by atoms with Crippen molar-refractivity contribution in [2.75, 3.05) is 11.9 Å². The number of amides is 2. The van der Waals surface area contributed by atoms with Gasteiger partial charge in [0.2, 0.25) is 5.91 Å². The van der Waals surface area contributed by atoms with Crippen molar-refractivity contribution in [1.82, 2.24) is 4.90 Å². The number of carbonyl (C=O) groups excluding carboxylic acids is 2. The molecule has 3 aromatic carbocycles. The lowest BCUT2D eigenvalue weighted by Gasteiger charge is -2.32. The van der Waals surface area contributed by atoms with Gasteiger partial charge in [-0.05, 0) is 49.7 Å². The molecule has 1 N–H and O–H groups in total. The van der Waals surface area contributed by atoms with Crippen LogP contribution >= 0.6 is 0 Å². The third kappa shape index (κ3) is 4.43. The van der Waals surface area contributed by atoms with Crippen LogP contribution in [0.5, 0.6) is 5.75 Å². The topological polar surface area (TPSA) is 58.6 Å². The third-order valence-corrected chi connectivity index (χ3v) is 5.27. The van der Waals surface area contributed by atoms with E-state index in [-0.39, 0.29) is 24.2 Å². The number of hydrogen-bond acceptors (Lipinski definition) is 3. The van der Waals surface area contributed by atoms with Crippen LogP contribution in [-0.2, 0) is 9.59 Å². The minimum Gasteiger partial charge on any atom is -0.481 e. The van der Waals surface area contributed by atoms with Gasteiger partial charge in [0.05, 0.1) is 6.04 Å². The average molecular weight is 418 g/mol. The first-order chi connectivity index (χ1) is 14.9. The van der Waals surface area contributed by atoms with E-state index < -0.39 is 12.1 Å². The van der Waals surface area contributed by atoms with E-state index in [2.05, 4.69) is 5.32 Å². The molecule has 4 rings (SSSR count). The second-order valence-electron chi connectivity index (χ2n) is 7.63. The van der Waals surface area contributed by atoms with Crippen LogP contribution in [0.2, 0.25) is 0 Å². The van der Waals surface area contributed by atoms with Crippen molar-refractivity contribution in [3.63, 3.8) is 0 Å². The molecular weight excluding hydrogens is 395 g/mol. The lowest BCUT2D eigenvalue weighted by molar-refractivity contribution is -0.142. The SMILES string of the molecule is Cc1ccc2c(c1)[C@@H](c1ccc(F)cc1)N(C(=O)[C@@H](C)Oc1ccccc1)CC(=O)N2. The minimum absolute atomic E-state index is 0.142. The maximum absolute atomic E-state index is 13.6. The van der Waals surface area contributed by atoms with Crippen molar-refractivity contribution in [2.45, 2.75) is 26.0 Å². The molecule has 2 amide bonds. The Kier molecular flexibility index (Phi) is 5.71. The fraction of sp³-hybridized carbons (Fsp3) is 0.200.